The summed E-state index contributed by atoms with van der Waals surface area (Å²) in [4.78, 5) is 1.87. The lowest BCUT2D eigenvalue weighted by Crippen LogP contribution is -2.35. The van der Waals surface area contributed by atoms with E-state index in [1.807, 2.05) is 83.8 Å². The Labute approximate surface area is 176 Å². The van der Waals surface area contributed by atoms with Crippen molar-refractivity contribution in [2.24, 2.45) is 0 Å². The van der Waals surface area contributed by atoms with E-state index >= 15 is 0 Å². The van der Waals surface area contributed by atoms with Crippen molar-refractivity contribution in [3.8, 4) is 23.3 Å². The smallest absolute Gasteiger partial charge is 0.178 e. The Kier molecular flexibility index (Phi) is 7.04. The monoisotopic (exact) mass is 403 g/mol. The Morgan fingerprint density at radius 3 is 2.31 bits per heavy atom. The van der Waals surface area contributed by atoms with Crippen molar-refractivity contribution in [2.45, 2.75) is 6.42 Å². The van der Waals surface area contributed by atoms with Crippen molar-refractivity contribution in [2.75, 3.05) is 23.9 Å². The Morgan fingerprint density at radius 2 is 1.62 bits per heavy atom. The highest BCUT2D eigenvalue weighted by Gasteiger charge is 2.16. The number of nitrogens with zero attached hydrogens (tertiary/aromatic N) is 2. The molecular weight excluding hydrogens is 382 g/mol. The zero-order chi connectivity index (χ0) is 20.5. The van der Waals surface area contributed by atoms with Gasteiger partial charge in [0.25, 0.3) is 0 Å². The van der Waals surface area contributed by atoms with Crippen LogP contribution in [0.4, 0.5) is 11.4 Å². The van der Waals surface area contributed by atoms with Gasteiger partial charge in [-0.1, -0.05) is 30.3 Å². The molecule has 0 aliphatic rings. The van der Waals surface area contributed by atoms with Gasteiger partial charge >= 0.3 is 0 Å². The fourth-order valence-corrected chi connectivity index (χ4v) is 3.08. The second-order valence-corrected chi connectivity index (χ2v) is 6.49. The van der Waals surface area contributed by atoms with Gasteiger partial charge in [0.05, 0.1) is 25.3 Å². The van der Waals surface area contributed by atoms with Crippen molar-refractivity contribution >= 4 is 28.7 Å². The average molecular weight is 404 g/mol. The highest BCUT2D eigenvalue weighted by Crippen LogP contribution is 2.29. The van der Waals surface area contributed by atoms with Crippen molar-refractivity contribution < 1.29 is 9.47 Å². The van der Waals surface area contributed by atoms with E-state index in [4.69, 9.17) is 27.0 Å². The molecule has 3 aromatic carbocycles. The van der Waals surface area contributed by atoms with Gasteiger partial charge in [-0.25, -0.2) is 0 Å². The SMILES string of the molecule is COc1ccccc1N(CCC#N)C(=S)Nc1ccc(Oc2ccccc2)cc1. The quantitative estimate of drug-likeness (QED) is 0.518. The molecule has 0 aromatic heterocycles. The third kappa shape index (κ3) is 5.47. The van der Waals surface area contributed by atoms with Crippen LogP contribution < -0.4 is 19.7 Å². The first-order chi connectivity index (χ1) is 14.2. The third-order valence-electron chi connectivity index (χ3n) is 4.15. The number of hydrogen-bond acceptors (Lipinski definition) is 4. The van der Waals surface area contributed by atoms with Gasteiger partial charge in [0.2, 0.25) is 0 Å². The van der Waals surface area contributed by atoms with Gasteiger partial charge in [-0.3, -0.25) is 0 Å². The predicted molar refractivity (Wildman–Crippen MR) is 120 cm³/mol. The molecule has 5 nitrogen and oxygen atoms in total. The summed E-state index contributed by atoms with van der Waals surface area (Å²) in [5.41, 5.74) is 1.64. The number of hydrogen-bond donors (Lipinski definition) is 1. The van der Waals surface area contributed by atoms with Crippen molar-refractivity contribution in [1.29, 1.82) is 5.26 Å². The number of methoxy groups -OCH3 is 1. The number of anilines is 2. The van der Waals surface area contributed by atoms with Gasteiger partial charge < -0.3 is 19.7 Å². The molecule has 0 aliphatic heterocycles. The van der Waals surface area contributed by atoms with Gasteiger partial charge in [0, 0.05) is 12.2 Å². The molecule has 0 saturated carbocycles. The van der Waals surface area contributed by atoms with Crippen LogP contribution in [-0.2, 0) is 0 Å². The number of rotatable bonds is 7. The third-order valence-corrected chi connectivity index (χ3v) is 4.48. The van der Waals surface area contributed by atoms with Crippen LogP contribution in [0.25, 0.3) is 0 Å². The van der Waals surface area contributed by atoms with Crippen LogP contribution >= 0.6 is 12.2 Å². The summed E-state index contributed by atoms with van der Waals surface area (Å²) in [5.74, 6) is 2.21. The molecule has 0 aliphatic carbocycles. The minimum absolute atomic E-state index is 0.337. The summed E-state index contributed by atoms with van der Waals surface area (Å²) in [7, 11) is 1.61. The molecule has 29 heavy (non-hydrogen) atoms. The minimum atomic E-state index is 0.337. The van der Waals surface area contributed by atoms with E-state index in [0.29, 0.717) is 23.8 Å². The molecule has 0 heterocycles. The average Bonchev–Trinajstić information content (AvgIpc) is 2.76. The molecule has 0 fully saturated rings. The molecule has 0 unspecified atom stereocenters. The first kappa shape index (κ1) is 20.2. The van der Waals surface area contributed by atoms with Gasteiger partial charge in [-0.05, 0) is 60.7 Å². The standard InChI is InChI=1S/C23H21N3O2S/c1-27-22-11-6-5-10-21(22)26(17-7-16-24)23(29)25-18-12-14-20(15-13-18)28-19-8-3-2-4-9-19/h2-6,8-15H,7,17H2,1H3,(H,25,29). The minimum Gasteiger partial charge on any atom is -0.495 e. The van der Waals surface area contributed by atoms with Crippen molar-refractivity contribution in [3.05, 3.63) is 78.9 Å². The lowest BCUT2D eigenvalue weighted by Gasteiger charge is -2.26. The van der Waals surface area contributed by atoms with E-state index in [-0.39, 0.29) is 0 Å². The van der Waals surface area contributed by atoms with Gasteiger partial charge in [-0.2, -0.15) is 5.26 Å². The summed E-state index contributed by atoms with van der Waals surface area (Å²) < 4.78 is 11.3. The van der Waals surface area contributed by atoms with Gasteiger partial charge in [0.1, 0.15) is 17.2 Å². The van der Waals surface area contributed by atoms with Crippen LogP contribution in [0.2, 0.25) is 0 Å². The first-order valence-corrected chi connectivity index (χ1v) is 9.53. The summed E-state index contributed by atoms with van der Waals surface area (Å²) in [6.45, 7) is 0.456. The summed E-state index contributed by atoms with van der Waals surface area (Å²) in [5, 5.41) is 12.7. The summed E-state index contributed by atoms with van der Waals surface area (Å²) in [6, 6.07) is 26.9. The Morgan fingerprint density at radius 1 is 0.966 bits per heavy atom. The van der Waals surface area contributed by atoms with E-state index in [9.17, 15) is 0 Å². The lowest BCUT2D eigenvalue weighted by molar-refractivity contribution is 0.415. The maximum Gasteiger partial charge on any atom is 0.178 e. The van der Waals surface area contributed by atoms with E-state index < -0.39 is 0 Å². The molecule has 146 valence electrons. The van der Waals surface area contributed by atoms with Crippen LogP contribution in [0, 0.1) is 11.3 Å². The van der Waals surface area contributed by atoms with E-state index in [1.54, 1.807) is 7.11 Å². The Balaban J connectivity index is 1.73. The highest BCUT2D eigenvalue weighted by atomic mass is 32.1. The Hall–Kier alpha value is -3.56. The molecule has 0 bridgehead atoms. The topological polar surface area (TPSA) is 57.5 Å². The number of ether oxygens (including phenoxy) is 2. The number of thiocarbonyl (C=S) groups is 1. The molecule has 3 aromatic rings. The van der Waals surface area contributed by atoms with Gasteiger partial charge in [0.15, 0.2) is 5.11 Å². The molecule has 0 spiro atoms. The first-order valence-electron chi connectivity index (χ1n) is 9.12. The number of para-hydroxylation sites is 3. The van der Waals surface area contributed by atoms with Crippen molar-refractivity contribution in [3.63, 3.8) is 0 Å². The number of benzene rings is 3. The fourth-order valence-electron chi connectivity index (χ4n) is 2.77. The maximum absolute atomic E-state index is 9.03. The van der Waals surface area contributed by atoms with Crippen LogP contribution in [0.3, 0.4) is 0 Å². The number of nitriles is 1. The van der Waals surface area contributed by atoms with Crippen LogP contribution in [0.5, 0.6) is 17.2 Å². The zero-order valence-electron chi connectivity index (χ0n) is 16.0. The second kappa shape index (κ2) is 10.1. The number of nitrogens with one attached hydrogen (secondary N) is 1. The Bertz CT molecular complexity index is 985. The molecule has 0 saturated heterocycles. The van der Waals surface area contributed by atoms with Crippen molar-refractivity contribution in [1.82, 2.24) is 0 Å². The molecule has 6 heteroatoms. The molecular formula is C23H21N3O2S. The van der Waals surface area contributed by atoms with E-state index in [1.165, 1.54) is 0 Å². The molecule has 0 radical (unpaired) electrons. The van der Waals surface area contributed by atoms with E-state index in [2.05, 4.69) is 11.4 Å². The zero-order valence-corrected chi connectivity index (χ0v) is 16.9. The predicted octanol–water partition coefficient (Wildman–Crippen LogP) is 5.60. The second-order valence-electron chi connectivity index (χ2n) is 6.10. The molecule has 0 amide bonds. The van der Waals surface area contributed by atoms with Crippen LogP contribution in [0.15, 0.2) is 78.9 Å². The molecule has 3 rings (SSSR count). The van der Waals surface area contributed by atoms with E-state index in [0.717, 1.165) is 22.9 Å². The maximum atomic E-state index is 9.03. The summed E-state index contributed by atoms with van der Waals surface area (Å²) in [6.07, 6.45) is 0.337. The molecule has 0 atom stereocenters. The largest absolute Gasteiger partial charge is 0.495 e. The lowest BCUT2D eigenvalue weighted by atomic mass is 10.2. The molecule has 1 N–H and O–H groups in total. The van der Waals surface area contributed by atoms with Crippen LogP contribution in [0.1, 0.15) is 6.42 Å². The van der Waals surface area contributed by atoms with Crippen LogP contribution in [-0.4, -0.2) is 18.8 Å². The van der Waals surface area contributed by atoms with Gasteiger partial charge in [-0.15, -0.1) is 0 Å². The summed E-state index contributed by atoms with van der Waals surface area (Å²) >= 11 is 5.62. The highest BCUT2D eigenvalue weighted by molar-refractivity contribution is 7.80. The fraction of sp³-hybridized carbons (Fsp3) is 0.130. The normalized spacial score (nSPS) is 9.93.